The summed E-state index contributed by atoms with van der Waals surface area (Å²) in [5.74, 6) is -0.608. The fourth-order valence-corrected chi connectivity index (χ4v) is 4.42. The lowest BCUT2D eigenvalue weighted by Crippen LogP contribution is -2.49. The SMILES string of the molecule is COC(=O)[C@@H]1Cc2ncn(C)c2CN1S(=O)(=O)c1ccc(Cl)cc1. The molecule has 24 heavy (non-hydrogen) atoms. The number of sulfonamides is 1. The normalized spacial score (nSPS) is 18.2. The first-order chi connectivity index (χ1) is 11.3. The third-order valence-corrected chi connectivity index (χ3v) is 6.20. The van der Waals surface area contributed by atoms with E-state index in [0.717, 1.165) is 10.00 Å². The van der Waals surface area contributed by atoms with Crippen LogP contribution in [0, 0.1) is 0 Å². The number of rotatable bonds is 3. The highest BCUT2D eigenvalue weighted by Gasteiger charge is 2.41. The predicted molar refractivity (Wildman–Crippen MR) is 86.9 cm³/mol. The summed E-state index contributed by atoms with van der Waals surface area (Å²) in [6.45, 7) is 0.0521. The molecule has 0 fully saturated rings. The van der Waals surface area contributed by atoms with Crippen LogP contribution in [0.4, 0.5) is 0 Å². The van der Waals surface area contributed by atoms with Crippen molar-refractivity contribution in [2.75, 3.05) is 7.11 Å². The molecule has 9 heteroatoms. The number of imidazole rings is 1. The van der Waals surface area contributed by atoms with Crippen molar-refractivity contribution in [3.63, 3.8) is 0 Å². The van der Waals surface area contributed by atoms with Crippen molar-refractivity contribution in [2.24, 2.45) is 7.05 Å². The molecule has 3 rings (SSSR count). The van der Waals surface area contributed by atoms with Crippen LogP contribution in [0.3, 0.4) is 0 Å². The van der Waals surface area contributed by atoms with Crippen LogP contribution in [-0.2, 0) is 39.6 Å². The molecule has 0 N–H and O–H groups in total. The minimum absolute atomic E-state index is 0.0521. The summed E-state index contributed by atoms with van der Waals surface area (Å²) >= 11 is 5.83. The quantitative estimate of drug-likeness (QED) is 0.763. The fraction of sp³-hybridized carbons (Fsp3) is 0.333. The van der Waals surface area contributed by atoms with E-state index in [9.17, 15) is 13.2 Å². The third kappa shape index (κ3) is 2.81. The van der Waals surface area contributed by atoms with Gasteiger partial charge in [-0.1, -0.05) is 11.6 Å². The van der Waals surface area contributed by atoms with Gasteiger partial charge in [0.2, 0.25) is 10.0 Å². The summed E-state index contributed by atoms with van der Waals surface area (Å²) < 4.78 is 33.7. The molecular formula is C15H16ClN3O4S. The smallest absolute Gasteiger partial charge is 0.324 e. The van der Waals surface area contributed by atoms with Gasteiger partial charge in [0.05, 0.1) is 36.3 Å². The molecule has 1 aromatic carbocycles. The second-order valence-electron chi connectivity index (χ2n) is 5.50. The number of fused-ring (bicyclic) bond motifs is 1. The van der Waals surface area contributed by atoms with E-state index in [4.69, 9.17) is 16.3 Å². The molecular weight excluding hydrogens is 354 g/mol. The number of hydrogen-bond acceptors (Lipinski definition) is 5. The molecule has 0 amide bonds. The van der Waals surface area contributed by atoms with E-state index in [0.29, 0.717) is 10.7 Å². The summed E-state index contributed by atoms with van der Waals surface area (Å²) in [6, 6.07) is 4.90. The Balaban J connectivity index is 2.06. The maximum atomic E-state index is 13.0. The Hall–Kier alpha value is -1.90. The summed E-state index contributed by atoms with van der Waals surface area (Å²) in [5.41, 5.74) is 1.46. The number of carbonyl (C=O) groups is 1. The van der Waals surface area contributed by atoms with Crippen molar-refractivity contribution in [1.82, 2.24) is 13.9 Å². The average molecular weight is 370 g/mol. The highest BCUT2D eigenvalue weighted by Crippen LogP contribution is 2.29. The second kappa shape index (κ2) is 6.19. The highest BCUT2D eigenvalue weighted by molar-refractivity contribution is 7.89. The molecule has 0 radical (unpaired) electrons. The molecule has 1 atom stereocenters. The molecule has 0 unspecified atom stereocenters. The van der Waals surface area contributed by atoms with E-state index < -0.39 is 22.0 Å². The largest absolute Gasteiger partial charge is 0.468 e. The minimum Gasteiger partial charge on any atom is -0.468 e. The Morgan fingerprint density at radius 3 is 2.62 bits per heavy atom. The lowest BCUT2D eigenvalue weighted by molar-refractivity contribution is -0.145. The number of methoxy groups -OCH3 is 1. The van der Waals surface area contributed by atoms with Crippen molar-refractivity contribution in [1.29, 1.82) is 0 Å². The zero-order valence-electron chi connectivity index (χ0n) is 13.1. The van der Waals surface area contributed by atoms with Gasteiger partial charge in [0.1, 0.15) is 6.04 Å². The number of esters is 1. The summed E-state index contributed by atoms with van der Waals surface area (Å²) in [7, 11) is -0.859. The van der Waals surface area contributed by atoms with E-state index in [1.165, 1.54) is 31.4 Å². The van der Waals surface area contributed by atoms with Gasteiger partial charge < -0.3 is 9.30 Å². The molecule has 1 aromatic heterocycles. The zero-order valence-corrected chi connectivity index (χ0v) is 14.7. The molecule has 2 heterocycles. The van der Waals surface area contributed by atoms with Gasteiger partial charge in [-0.05, 0) is 24.3 Å². The first-order valence-electron chi connectivity index (χ1n) is 7.19. The molecule has 1 aliphatic heterocycles. The zero-order chi connectivity index (χ0) is 17.5. The molecule has 0 aliphatic carbocycles. The highest BCUT2D eigenvalue weighted by atomic mass is 35.5. The van der Waals surface area contributed by atoms with Crippen molar-refractivity contribution in [3.8, 4) is 0 Å². The van der Waals surface area contributed by atoms with Crippen LogP contribution in [0.25, 0.3) is 0 Å². The van der Waals surface area contributed by atoms with E-state index in [1.54, 1.807) is 17.9 Å². The number of halogens is 1. The van der Waals surface area contributed by atoms with Gasteiger partial charge in [-0.3, -0.25) is 4.79 Å². The number of aryl methyl sites for hydroxylation is 1. The van der Waals surface area contributed by atoms with Gasteiger partial charge in [0.25, 0.3) is 0 Å². The van der Waals surface area contributed by atoms with Crippen LogP contribution in [0.5, 0.6) is 0 Å². The maximum Gasteiger partial charge on any atom is 0.324 e. The summed E-state index contributed by atoms with van der Waals surface area (Å²) in [4.78, 5) is 16.5. The first kappa shape index (κ1) is 16.9. The first-order valence-corrected chi connectivity index (χ1v) is 9.00. The Kier molecular flexibility index (Phi) is 4.37. The van der Waals surface area contributed by atoms with Crippen LogP contribution in [0.1, 0.15) is 11.4 Å². The Labute approximate surface area is 144 Å². The Morgan fingerprint density at radius 2 is 2.00 bits per heavy atom. The monoisotopic (exact) mass is 369 g/mol. The third-order valence-electron chi connectivity index (χ3n) is 4.08. The number of nitrogens with zero attached hydrogens (tertiary/aromatic N) is 3. The second-order valence-corrected chi connectivity index (χ2v) is 7.82. The van der Waals surface area contributed by atoms with Gasteiger partial charge in [-0.25, -0.2) is 13.4 Å². The molecule has 7 nitrogen and oxygen atoms in total. The van der Waals surface area contributed by atoms with Crippen LogP contribution in [0.2, 0.25) is 5.02 Å². The van der Waals surface area contributed by atoms with Crippen LogP contribution in [0.15, 0.2) is 35.5 Å². The van der Waals surface area contributed by atoms with E-state index in [-0.39, 0.29) is 17.9 Å². The van der Waals surface area contributed by atoms with Gasteiger partial charge in [-0.2, -0.15) is 4.31 Å². The van der Waals surface area contributed by atoms with Crippen molar-refractivity contribution in [2.45, 2.75) is 23.9 Å². The minimum atomic E-state index is -3.89. The average Bonchev–Trinajstić information content (AvgIpc) is 2.94. The molecule has 128 valence electrons. The van der Waals surface area contributed by atoms with Crippen LogP contribution in [-0.4, -0.2) is 41.4 Å². The maximum absolute atomic E-state index is 13.0. The molecule has 0 saturated carbocycles. The van der Waals surface area contributed by atoms with Gasteiger partial charge in [0, 0.05) is 18.5 Å². The van der Waals surface area contributed by atoms with E-state index in [2.05, 4.69) is 4.98 Å². The van der Waals surface area contributed by atoms with E-state index >= 15 is 0 Å². The lowest BCUT2D eigenvalue weighted by atomic mass is 10.1. The van der Waals surface area contributed by atoms with Crippen molar-refractivity contribution in [3.05, 3.63) is 47.0 Å². The molecule has 1 aliphatic rings. The van der Waals surface area contributed by atoms with Crippen LogP contribution < -0.4 is 0 Å². The Bertz CT molecular complexity index is 877. The number of carbonyl (C=O) groups excluding carboxylic acids is 1. The predicted octanol–water partition coefficient (Wildman–Crippen LogP) is 1.36. The van der Waals surface area contributed by atoms with Gasteiger partial charge in [0.15, 0.2) is 0 Å². The number of hydrogen-bond donors (Lipinski definition) is 0. The topological polar surface area (TPSA) is 81.5 Å². The van der Waals surface area contributed by atoms with Crippen LogP contribution >= 0.6 is 11.6 Å². The lowest BCUT2D eigenvalue weighted by Gasteiger charge is -2.32. The fourth-order valence-electron chi connectivity index (χ4n) is 2.75. The van der Waals surface area contributed by atoms with E-state index in [1.807, 2.05) is 0 Å². The molecule has 0 saturated heterocycles. The number of benzene rings is 1. The molecule has 0 bridgehead atoms. The molecule has 0 spiro atoms. The summed E-state index contributed by atoms with van der Waals surface area (Å²) in [6.07, 6.45) is 1.78. The molecule has 2 aromatic rings. The Morgan fingerprint density at radius 1 is 1.33 bits per heavy atom. The van der Waals surface area contributed by atoms with Gasteiger partial charge in [-0.15, -0.1) is 0 Å². The summed E-state index contributed by atoms with van der Waals surface area (Å²) in [5, 5.41) is 0.436. The standard InChI is InChI=1S/C15H16ClN3O4S/c1-18-9-17-12-7-13(15(20)23-2)19(8-14(12)18)24(21,22)11-5-3-10(16)4-6-11/h3-6,9,13H,7-8H2,1-2H3/t13-/m0/s1. The van der Waals surface area contributed by atoms with Gasteiger partial charge >= 0.3 is 5.97 Å². The van der Waals surface area contributed by atoms with Crippen molar-refractivity contribution < 1.29 is 17.9 Å². The number of ether oxygens (including phenoxy) is 1. The van der Waals surface area contributed by atoms with Crippen molar-refractivity contribution >= 4 is 27.6 Å². The number of aromatic nitrogens is 2.